The van der Waals surface area contributed by atoms with E-state index in [0.29, 0.717) is 23.7 Å². The van der Waals surface area contributed by atoms with Gasteiger partial charge in [-0.05, 0) is 25.1 Å². The van der Waals surface area contributed by atoms with E-state index in [0.717, 1.165) is 0 Å². The number of rotatable bonds is 7. The number of esters is 1. The van der Waals surface area contributed by atoms with Crippen LogP contribution < -0.4 is 14.8 Å². The van der Waals surface area contributed by atoms with Gasteiger partial charge >= 0.3 is 5.97 Å². The highest BCUT2D eigenvalue weighted by molar-refractivity contribution is 5.95. The summed E-state index contributed by atoms with van der Waals surface area (Å²) in [5.41, 5.74) is 0.440. The molecule has 1 N–H and O–H groups in total. The number of ether oxygens (including phenoxy) is 3. The van der Waals surface area contributed by atoms with Crippen molar-refractivity contribution in [2.75, 3.05) is 27.4 Å². The number of amides is 1. The summed E-state index contributed by atoms with van der Waals surface area (Å²) in [6, 6.07) is 4.91. The average molecular weight is 281 g/mol. The summed E-state index contributed by atoms with van der Waals surface area (Å²) >= 11 is 0. The third-order valence-electron chi connectivity index (χ3n) is 2.57. The maximum absolute atomic E-state index is 11.9. The quantitative estimate of drug-likeness (QED) is 0.764. The standard InChI is InChI=1S/C14H19NO5/c1-4-20-11-6-5-10(9-12(11)18-2)14(17)15-8-7-13(16)19-3/h5-6,9H,4,7-8H2,1-3H3,(H,15,17). The Labute approximate surface area is 118 Å². The molecule has 0 unspecified atom stereocenters. The van der Waals surface area contributed by atoms with Crippen LogP contribution in [0.4, 0.5) is 0 Å². The first kappa shape index (κ1) is 15.8. The molecule has 1 rings (SSSR count). The minimum Gasteiger partial charge on any atom is -0.493 e. The van der Waals surface area contributed by atoms with Crippen molar-refractivity contribution in [1.82, 2.24) is 5.32 Å². The van der Waals surface area contributed by atoms with E-state index in [-0.39, 0.29) is 24.8 Å². The molecule has 0 aromatic heterocycles. The van der Waals surface area contributed by atoms with Gasteiger partial charge in [-0.15, -0.1) is 0 Å². The maximum Gasteiger partial charge on any atom is 0.307 e. The zero-order valence-corrected chi connectivity index (χ0v) is 11.9. The summed E-state index contributed by atoms with van der Waals surface area (Å²) in [5.74, 6) is 0.429. The van der Waals surface area contributed by atoms with E-state index in [2.05, 4.69) is 10.1 Å². The minimum atomic E-state index is -0.366. The molecule has 0 spiro atoms. The number of carbonyl (C=O) groups is 2. The Bertz CT molecular complexity index is 473. The van der Waals surface area contributed by atoms with Crippen molar-refractivity contribution in [2.24, 2.45) is 0 Å². The molecule has 0 aliphatic carbocycles. The van der Waals surface area contributed by atoms with E-state index < -0.39 is 0 Å². The van der Waals surface area contributed by atoms with Crippen molar-refractivity contribution in [1.29, 1.82) is 0 Å². The first-order valence-electron chi connectivity index (χ1n) is 6.28. The Balaban J connectivity index is 2.66. The zero-order valence-electron chi connectivity index (χ0n) is 11.9. The molecule has 6 heteroatoms. The smallest absolute Gasteiger partial charge is 0.307 e. The molecule has 1 amide bonds. The van der Waals surface area contributed by atoms with Crippen molar-refractivity contribution in [3.63, 3.8) is 0 Å². The molecule has 0 aliphatic heterocycles. The second-order valence-electron chi connectivity index (χ2n) is 3.88. The van der Waals surface area contributed by atoms with Crippen LogP contribution >= 0.6 is 0 Å². The Morgan fingerprint density at radius 2 is 1.95 bits per heavy atom. The number of benzene rings is 1. The fraction of sp³-hybridized carbons (Fsp3) is 0.429. The van der Waals surface area contributed by atoms with E-state index in [4.69, 9.17) is 9.47 Å². The van der Waals surface area contributed by atoms with Crippen LogP contribution in [0.3, 0.4) is 0 Å². The zero-order chi connectivity index (χ0) is 15.0. The fourth-order valence-electron chi connectivity index (χ4n) is 1.57. The van der Waals surface area contributed by atoms with Crippen molar-refractivity contribution >= 4 is 11.9 Å². The van der Waals surface area contributed by atoms with Crippen LogP contribution in [-0.2, 0) is 9.53 Å². The summed E-state index contributed by atoms with van der Waals surface area (Å²) in [6.45, 7) is 2.61. The molecule has 1 aromatic rings. The van der Waals surface area contributed by atoms with Crippen LogP contribution in [0.25, 0.3) is 0 Å². The number of nitrogens with one attached hydrogen (secondary N) is 1. The summed E-state index contributed by atoms with van der Waals surface area (Å²) in [4.78, 5) is 22.8. The second-order valence-corrected chi connectivity index (χ2v) is 3.88. The Morgan fingerprint density at radius 1 is 1.20 bits per heavy atom. The van der Waals surface area contributed by atoms with Gasteiger partial charge in [-0.3, -0.25) is 9.59 Å². The SMILES string of the molecule is CCOc1ccc(C(=O)NCCC(=O)OC)cc1OC. The molecule has 6 nitrogen and oxygen atoms in total. The molecular weight excluding hydrogens is 262 g/mol. The van der Waals surface area contributed by atoms with Gasteiger partial charge in [0, 0.05) is 12.1 Å². The minimum absolute atomic E-state index is 0.135. The molecule has 0 saturated heterocycles. The monoisotopic (exact) mass is 281 g/mol. The van der Waals surface area contributed by atoms with E-state index in [1.807, 2.05) is 6.92 Å². The molecule has 0 atom stereocenters. The van der Waals surface area contributed by atoms with Crippen LogP contribution in [-0.4, -0.2) is 39.2 Å². The van der Waals surface area contributed by atoms with Gasteiger partial charge in [0.25, 0.3) is 5.91 Å². The highest BCUT2D eigenvalue weighted by Crippen LogP contribution is 2.27. The molecular formula is C14H19NO5. The van der Waals surface area contributed by atoms with Crippen molar-refractivity contribution in [3.05, 3.63) is 23.8 Å². The van der Waals surface area contributed by atoms with Gasteiger partial charge in [-0.25, -0.2) is 0 Å². The summed E-state index contributed by atoms with van der Waals surface area (Å²) in [6.07, 6.45) is 0.135. The molecule has 0 fully saturated rings. The highest BCUT2D eigenvalue weighted by Gasteiger charge is 2.11. The number of hydrogen-bond acceptors (Lipinski definition) is 5. The molecule has 0 bridgehead atoms. The summed E-state index contributed by atoms with van der Waals surface area (Å²) in [7, 11) is 2.82. The molecule has 0 aliphatic rings. The van der Waals surface area contributed by atoms with Gasteiger partial charge in [-0.1, -0.05) is 0 Å². The summed E-state index contributed by atoms with van der Waals surface area (Å²) in [5, 5.41) is 2.63. The van der Waals surface area contributed by atoms with Crippen LogP contribution in [0, 0.1) is 0 Å². The Kier molecular flexibility index (Phi) is 6.36. The first-order valence-corrected chi connectivity index (χ1v) is 6.28. The molecule has 0 heterocycles. The molecule has 20 heavy (non-hydrogen) atoms. The number of hydrogen-bond donors (Lipinski definition) is 1. The lowest BCUT2D eigenvalue weighted by molar-refractivity contribution is -0.140. The molecule has 1 aromatic carbocycles. The number of carbonyl (C=O) groups excluding carboxylic acids is 2. The normalized spacial score (nSPS) is 9.75. The first-order chi connectivity index (χ1) is 9.62. The van der Waals surface area contributed by atoms with Gasteiger partial charge < -0.3 is 19.5 Å². The lowest BCUT2D eigenvalue weighted by Crippen LogP contribution is -2.26. The lowest BCUT2D eigenvalue weighted by Gasteiger charge is -2.11. The van der Waals surface area contributed by atoms with Crippen molar-refractivity contribution < 1.29 is 23.8 Å². The maximum atomic E-state index is 11.9. The van der Waals surface area contributed by atoms with Gasteiger partial charge in [0.15, 0.2) is 11.5 Å². The van der Waals surface area contributed by atoms with Crippen LogP contribution in [0.2, 0.25) is 0 Å². The topological polar surface area (TPSA) is 73.9 Å². The third kappa shape index (κ3) is 4.46. The third-order valence-corrected chi connectivity index (χ3v) is 2.57. The van der Waals surface area contributed by atoms with Crippen molar-refractivity contribution in [3.8, 4) is 11.5 Å². The van der Waals surface area contributed by atoms with Gasteiger partial charge in [0.1, 0.15) is 0 Å². The van der Waals surface area contributed by atoms with Crippen LogP contribution in [0.15, 0.2) is 18.2 Å². The van der Waals surface area contributed by atoms with Crippen molar-refractivity contribution in [2.45, 2.75) is 13.3 Å². The van der Waals surface area contributed by atoms with Gasteiger partial charge in [0.2, 0.25) is 0 Å². The molecule has 110 valence electrons. The van der Waals surface area contributed by atoms with E-state index in [1.54, 1.807) is 18.2 Å². The van der Waals surface area contributed by atoms with E-state index in [1.165, 1.54) is 14.2 Å². The number of methoxy groups -OCH3 is 2. The average Bonchev–Trinajstić information content (AvgIpc) is 2.47. The summed E-state index contributed by atoms with van der Waals surface area (Å²) < 4.78 is 15.0. The molecule has 0 saturated carbocycles. The molecule has 0 radical (unpaired) electrons. The lowest BCUT2D eigenvalue weighted by atomic mass is 10.2. The Hall–Kier alpha value is -2.24. The van der Waals surface area contributed by atoms with Crippen LogP contribution in [0.5, 0.6) is 11.5 Å². The predicted octanol–water partition coefficient (Wildman–Crippen LogP) is 1.39. The van der Waals surface area contributed by atoms with Gasteiger partial charge in [0.05, 0.1) is 27.2 Å². The largest absolute Gasteiger partial charge is 0.493 e. The highest BCUT2D eigenvalue weighted by atomic mass is 16.5. The second kappa shape index (κ2) is 8.04. The predicted molar refractivity (Wildman–Crippen MR) is 73.1 cm³/mol. The Morgan fingerprint density at radius 3 is 2.55 bits per heavy atom. The van der Waals surface area contributed by atoms with Crippen LogP contribution in [0.1, 0.15) is 23.7 Å². The van der Waals surface area contributed by atoms with E-state index >= 15 is 0 Å². The van der Waals surface area contributed by atoms with Gasteiger partial charge in [-0.2, -0.15) is 0 Å². The van der Waals surface area contributed by atoms with E-state index in [9.17, 15) is 9.59 Å². The fourth-order valence-corrected chi connectivity index (χ4v) is 1.57.